The zero-order chi connectivity index (χ0) is 19.5. The van der Waals surface area contributed by atoms with Crippen molar-refractivity contribution in [2.24, 2.45) is 0 Å². The summed E-state index contributed by atoms with van der Waals surface area (Å²) >= 11 is 0. The number of ether oxygens (including phenoxy) is 2. The maximum absolute atomic E-state index is 11.9. The van der Waals surface area contributed by atoms with Gasteiger partial charge in [-0.1, -0.05) is 6.07 Å². The van der Waals surface area contributed by atoms with Crippen molar-refractivity contribution < 1.29 is 44.6 Å². The molecule has 0 amide bonds. The van der Waals surface area contributed by atoms with E-state index in [0.717, 1.165) is 6.08 Å². The Morgan fingerprint density at radius 2 is 1.96 bits per heavy atom. The first kappa shape index (κ1) is 19.7. The van der Waals surface area contributed by atoms with E-state index in [-0.39, 0.29) is 11.5 Å². The Kier molecular flexibility index (Phi) is 5.86. The number of carbonyl (C=O) groups is 2. The molecule has 0 unspecified atom stereocenters. The van der Waals surface area contributed by atoms with E-state index < -0.39 is 48.7 Å². The van der Waals surface area contributed by atoms with E-state index in [0.29, 0.717) is 5.56 Å². The number of rotatable bonds is 5. The molecule has 142 valence electrons. The van der Waals surface area contributed by atoms with E-state index in [1.807, 2.05) is 0 Å². The molecule has 26 heavy (non-hydrogen) atoms. The van der Waals surface area contributed by atoms with Gasteiger partial charge in [0.15, 0.2) is 17.1 Å². The average molecular weight is 368 g/mol. The van der Waals surface area contributed by atoms with Gasteiger partial charge in [0, 0.05) is 18.9 Å². The van der Waals surface area contributed by atoms with Crippen LogP contribution in [0.2, 0.25) is 0 Å². The van der Waals surface area contributed by atoms with Crippen LogP contribution in [0.15, 0.2) is 24.3 Å². The van der Waals surface area contributed by atoms with Gasteiger partial charge in [-0.15, -0.1) is 0 Å². The monoisotopic (exact) mass is 368 g/mol. The third kappa shape index (κ3) is 4.31. The van der Waals surface area contributed by atoms with Crippen LogP contribution in [0.5, 0.6) is 11.5 Å². The topological polar surface area (TPSA) is 154 Å². The molecule has 0 saturated heterocycles. The quantitative estimate of drug-likeness (QED) is 0.347. The molecule has 1 aromatic carbocycles. The normalized spacial score (nSPS) is 28.7. The summed E-state index contributed by atoms with van der Waals surface area (Å²) in [5.74, 6) is -2.34. The second-order valence-electron chi connectivity index (χ2n) is 6.04. The largest absolute Gasteiger partial charge is 0.504 e. The van der Waals surface area contributed by atoms with E-state index in [1.54, 1.807) is 0 Å². The number of aliphatic hydroxyl groups excluding tert-OH is 2. The summed E-state index contributed by atoms with van der Waals surface area (Å²) < 4.78 is 9.92. The lowest BCUT2D eigenvalue weighted by atomic mass is 9.79. The number of carboxylic acids is 1. The molecule has 0 aromatic heterocycles. The van der Waals surface area contributed by atoms with Crippen LogP contribution < -0.4 is 4.74 Å². The summed E-state index contributed by atoms with van der Waals surface area (Å²) in [7, 11) is 1.37. The molecule has 0 radical (unpaired) electrons. The molecule has 2 rings (SSSR count). The van der Waals surface area contributed by atoms with Crippen molar-refractivity contribution in [3.8, 4) is 11.5 Å². The minimum absolute atomic E-state index is 0.0699. The minimum atomic E-state index is -2.29. The van der Waals surface area contributed by atoms with E-state index in [1.165, 1.54) is 31.4 Å². The number of benzene rings is 1. The van der Waals surface area contributed by atoms with Crippen molar-refractivity contribution >= 4 is 18.0 Å². The van der Waals surface area contributed by atoms with Crippen LogP contribution in [-0.4, -0.2) is 68.5 Å². The van der Waals surface area contributed by atoms with Gasteiger partial charge in [-0.25, -0.2) is 9.59 Å². The predicted octanol–water partition coefficient (Wildman–Crippen LogP) is -0.343. The van der Waals surface area contributed by atoms with Crippen molar-refractivity contribution in [3.63, 3.8) is 0 Å². The number of hydrogen-bond acceptors (Lipinski definition) is 8. The number of aliphatic hydroxyl groups is 3. The lowest BCUT2D eigenvalue weighted by Crippen LogP contribution is -2.57. The standard InChI is InChI=1S/C17H20O9/c1-25-12-6-9(2-4-10(12)18)3-5-14(20)26-13-8-17(24,16(22)23)7-11(19)15(13)21/h2-6,11,13,15,18-19,21,24H,7-8H2,1H3,(H,22,23)/t11-,13-,15-,17+/m1/s1. The highest BCUT2D eigenvalue weighted by atomic mass is 16.6. The van der Waals surface area contributed by atoms with Gasteiger partial charge in [0.05, 0.1) is 13.2 Å². The Balaban J connectivity index is 2.07. The summed E-state index contributed by atoms with van der Waals surface area (Å²) in [5, 5.41) is 48.2. The van der Waals surface area contributed by atoms with E-state index in [4.69, 9.17) is 14.6 Å². The zero-order valence-electron chi connectivity index (χ0n) is 13.9. The van der Waals surface area contributed by atoms with Crippen LogP contribution in [0.3, 0.4) is 0 Å². The highest BCUT2D eigenvalue weighted by Crippen LogP contribution is 2.31. The molecule has 9 heteroatoms. The molecule has 0 bridgehead atoms. The van der Waals surface area contributed by atoms with Crippen LogP contribution in [0.1, 0.15) is 18.4 Å². The Hall–Kier alpha value is -2.62. The van der Waals surface area contributed by atoms with E-state index in [9.17, 15) is 30.0 Å². The number of hydrogen-bond donors (Lipinski definition) is 5. The molecule has 5 N–H and O–H groups in total. The summed E-state index contributed by atoms with van der Waals surface area (Å²) in [6.07, 6.45) is -3.17. The number of methoxy groups -OCH3 is 1. The van der Waals surface area contributed by atoms with Crippen LogP contribution in [-0.2, 0) is 14.3 Å². The van der Waals surface area contributed by atoms with Crippen molar-refractivity contribution in [3.05, 3.63) is 29.8 Å². The van der Waals surface area contributed by atoms with Crippen LogP contribution in [0.4, 0.5) is 0 Å². The molecular weight excluding hydrogens is 348 g/mol. The second kappa shape index (κ2) is 7.73. The summed E-state index contributed by atoms with van der Waals surface area (Å²) in [5.41, 5.74) is -1.78. The van der Waals surface area contributed by atoms with Crippen molar-refractivity contribution in [1.82, 2.24) is 0 Å². The van der Waals surface area contributed by atoms with Gasteiger partial charge >= 0.3 is 11.9 Å². The average Bonchev–Trinajstić information content (AvgIpc) is 2.58. The third-order valence-electron chi connectivity index (χ3n) is 4.14. The number of aliphatic carboxylic acids is 1. The molecule has 4 atom stereocenters. The van der Waals surface area contributed by atoms with Crippen molar-refractivity contribution in [2.45, 2.75) is 36.8 Å². The second-order valence-corrected chi connectivity index (χ2v) is 6.04. The maximum Gasteiger partial charge on any atom is 0.335 e. The van der Waals surface area contributed by atoms with Gasteiger partial charge < -0.3 is 35.0 Å². The van der Waals surface area contributed by atoms with Gasteiger partial charge in [-0.3, -0.25) is 0 Å². The van der Waals surface area contributed by atoms with Gasteiger partial charge in [-0.2, -0.15) is 0 Å². The first-order chi connectivity index (χ1) is 12.2. The van der Waals surface area contributed by atoms with E-state index in [2.05, 4.69) is 0 Å². The number of esters is 1. The molecule has 1 saturated carbocycles. The SMILES string of the molecule is COc1cc(C=CC(=O)O[C@@H]2C[C@](O)(C(=O)O)C[C@@H](O)[C@H]2O)ccc1O. The zero-order valence-corrected chi connectivity index (χ0v) is 13.9. The fourth-order valence-corrected chi connectivity index (χ4v) is 2.69. The third-order valence-corrected chi connectivity index (χ3v) is 4.14. The molecule has 0 spiro atoms. The van der Waals surface area contributed by atoms with Crippen LogP contribution in [0.25, 0.3) is 6.08 Å². The molecule has 0 aliphatic heterocycles. The van der Waals surface area contributed by atoms with Crippen molar-refractivity contribution in [1.29, 1.82) is 0 Å². The molecule has 1 aromatic rings. The van der Waals surface area contributed by atoms with Gasteiger partial charge in [0.2, 0.25) is 0 Å². The fourth-order valence-electron chi connectivity index (χ4n) is 2.69. The predicted molar refractivity (Wildman–Crippen MR) is 87.4 cm³/mol. The highest BCUT2D eigenvalue weighted by molar-refractivity contribution is 5.87. The minimum Gasteiger partial charge on any atom is -0.504 e. The Morgan fingerprint density at radius 3 is 2.58 bits per heavy atom. The maximum atomic E-state index is 11.9. The number of aromatic hydroxyl groups is 1. The Bertz CT molecular complexity index is 714. The summed E-state index contributed by atoms with van der Waals surface area (Å²) in [6.45, 7) is 0. The molecule has 1 fully saturated rings. The number of phenolic OH excluding ortho intramolecular Hbond substituents is 1. The molecule has 1 aliphatic carbocycles. The number of carbonyl (C=O) groups excluding carboxylic acids is 1. The molecule has 0 heterocycles. The van der Waals surface area contributed by atoms with Crippen molar-refractivity contribution in [2.75, 3.05) is 7.11 Å². The Labute approximate surface area is 148 Å². The Morgan fingerprint density at radius 1 is 1.27 bits per heavy atom. The number of phenols is 1. The fraction of sp³-hybridized carbons (Fsp3) is 0.412. The lowest BCUT2D eigenvalue weighted by molar-refractivity contribution is -0.196. The van der Waals surface area contributed by atoms with E-state index >= 15 is 0 Å². The first-order valence-electron chi connectivity index (χ1n) is 7.74. The van der Waals surface area contributed by atoms with Crippen LogP contribution >= 0.6 is 0 Å². The lowest BCUT2D eigenvalue weighted by Gasteiger charge is -2.39. The molecule has 9 nitrogen and oxygen atoms in total. The summed E-state index contributed by atoms with van der Waals surface area (Å²) in [4.78, 5) is 23.1. The first-order valence-corrected chi connectivity index (χ1v) is 7.74. The van der Waals surface area contributed by atoms with Gasteiger partial charge in [-0.05, 0) is 23.8 Å². The molecular formula is C17H20O9. The van der Waals surface area contributed by atoms with Gasteiger partial charge in [0.1, 0.15) is 12.2 Å². The highest BCUT2D eigenvalue weighted by Gasteiger charge is 2.50. The smallest absolute Gasteiger partial charge is 0.335 e. The molecule has 1 aliphatic rings. The summed E-state index contributed by atoms with van der Waals surface area (Å²) in [6, 6.07) is 4.36. The van der Waals surface area contributed by atoms with Crippen LogP contribution in [0, 0.1) is 0 Å². The number of carboxylic acid groups (broad SMARTS) is 1. The van der Waals surface area contributed by atoms with Gasteiger partial charge in [0.25, 0.3) is 0 Å².